The first kappa shape index (κ1) is 14.2. The van der Waals surface area contributed by atoms with Crippen molar-refractivity contribution in [3.8, 4) is 6.07 Å². The summed E-state index contributed by atoms with van der Waals surface area (Å²) in [4.78, 5) is 4.03. The van der Waals surface area contributed by atoms with Crippen molar-refractivity contribution in [3.63, 3.8) is 0 Å². The quantitative estimate of drug-likeness (QED) is 0.901. The zero-order valence-corrected chi connectivity index (χ0v) is 11.7. The first-order valence-corrected chi connectivity index (χ1v) is 7.20. The molecule has 2 rings (SSSR count). The van der Waals surface area contributed by atoms with Gasteiger partial charge in [0, 0.05) is 6.92 Å². The van der Waals surface area contributed by atoms with Gasteiger partial charge in [0.05, 0.1) is 23.1 Å². The van der Waals surface area contributed by atoms with Gasteiger partial charge in [0.25, 0.3) is 0 Å². The highest BCUT2D eigenvalue weighted by molar-refractivity contribution is 7.89. The average Bonchev–Trinajstić information content (AvgIpc) is 2.82. The van der Waals surface area contributed by atoms with E-state index in [4.69, 9.17) is 9.78 Å². The molecular formula is C12H12N4O3S. The monoisotopic (exact) mass is 292 g/mol. The molecule has 0 spiro atoms. The summed E-state index contributed by atoms with van der Waals surface area (Å²) in [6.07, 6.45) is 0. The molecule has 1 aromatic carbocycles. The van der Waals surface area contributed by atoms with Crippen LogP contribution in [0.4, 0.5) is 0 Å². The molecule has 0 aliphatic carbocycles. The van der Waals surface area contributed by atoms with Gasteiger partial charge in [-0.1, -0.05) is 5.16 Å². The summed E-state index contributed by atoms with van der Waals surface area (Å²) in [5, 5.41) is 12.4. The zero-order valence-electron chi connectivity index (χ0n) is 10.9. The maximum absolute atomic E-state index is 12.2. The van der Waals surface area contributed by atoms with E-state index in [1.807, 2.05) is 6.07 Å². The van der Waals surface area contributed by atoms with Gasteiger partial charge < -0.3 is 4.52 Å². The fraction of sp³-hybridized carbons (Fsp3) is 0.250. The smallest absolute Gasteiger partial charge is 0.241 e. The van der Waals surface area contributed by atoms with Gasteiger partial charge in [0.15, 0.2) is 5.82 Å². The van der Waals surface area contributed by atoms with Crippen molar-refractivity contribution in [3.05, 3.63) is 41.0 Å². The molecule has 104 valence electrons. The van der Waals surface area contributed by atoms with E-state index in [-0.39, 0.29) is 17.3 Å². The third kappa shape index (κ3) is 3.01. The molecule has 0 aliphatic heterocycles. The van der Waals surface area contributed by atoms with Gasteiger partial charge in [-0.05, 0) is 30.7 Å². The van der Waals surface area contributed by atoms with Gasteiger partial charge in [0.1, 0.15) is 0 Å². The maximum Gasteiger partial charge on any atom is 0.241 e. The molecule has 20 heavy (non-hydrogen) atoms. The van der Waals surface area contributed by atoms with E-state index in [0.29, 0.717) is 17.0 Å². The van der Waals surface area contributed by atoms with Gasteiger partial charge in [-0.2, -0.15) is 10.2 Å². The Morgan fingerprint density at radius 2 is 2.15 bits per heavy atom. The molecule has 2 aromatic rings. The number of hydrogen-bond donors (Lipinski definition) is 1. The van der Waals surface area contributed by atoms with E-state index < -0.39 is 10.0 Å². The van der Waals surface area contributed by atoms with E-state index in [9.17, 15) is 8.42 Å². The van der Waals surface area contributed by atoms with Crippen LogP contribution < -0.4 is 4.72 Å². The second-order valence-electron chi connectivity index (χ2n) is 4.15. The van der Waals surface area contributed by atoms with Crippen LogP contribution in [-0.4, -0.2) is 18.6 Å². The van der Waals surface area contributed by atoms with Crippen LogP contribution in [0.1, 0.15) is 22.8 Å². The minimum atomic E-state index is -3.69. The lowest BCUT2D eigenvalue weighted by atomic mass is 10.2. The number of sulfonamides is 1. The third-order valence-electron chi connectivity index (χ3n) is 2.58. The largest absolute Gasteiger partial charge is 0.340 e. The molecule has 0 saturated carbocycles. The van der Waals surface area contributed by atoms with E-state index in [1.165, 1.54) is 18.2 Å². The second kappa shape index (κ2) is 5.40. The summed E-state index contributed by atoms with van der Waals surface area (Å²) >= 11 is 0. The van der Waals surface area contributed by atoms with Crippen LogP contribution in [0.5, 0.6) is 0 Å². The summed E-state index contributed by atoms with van der Waals surface area (Å²) in [6, 6.07) is 6.34. The number of aromatic nitrogens is 2. The highest BCUT2D eigenvalue weighted by atomic mass is 32.2. The summed E-state index contributed by atoms with van der Waals surface area (Å²) in [5.74, 6) is 0.631. The Morgan fingerprint density at radius 3 is 2.70 bits per heavy atom. The molecule has 0 radical (unpaired) electrons. The predicted molar refractivity (Wildman–Crippen MR) is 69.0 cm³/mol. The van der Waals surface area contributed by atoms with Crippen LogP contribution in [0.3, 0.4) is 0 Å². The topological polar surface area (TPSA) is 109 Å². The van der Waals surface area contributed by atoms with Gasteiger partial charge in [-0.15, -0.1) is 0 Å². The molecule has 0 saturated heterocycles. The average molecular weight is 292 g/mol. The van der Waals surface area contributed by atoms with E-state index in [2.05, 4.69) is 14.9 Å². The number of benzene rings is 1. The van der Waals surface area contributed by atoms with E-state index in [0.717, 1.165) is 0 Å². The molecule has 0 amide bonds. The predicted octanol–water partition coefficient (Wildman–Crippen LogP) is 1.04. The molecule has 0 bridgehead atoms. The first-order chi connectivity index (χ1) is 9.42. The highest BCUT2D eigenvalue weighted by Crippen LogP contribution is 2.16. The fourth-order valence-corrected chi connectivity index (χ4v) is 2.88. The number of nitrogens with zero attached hydrogens (tertiary/aromatic N) is 3. The Morgan fingerprint density at radius 1 is 1.40 bits per heavy atom. The van der Waals surface area contributed by atoms with Crippen molar-refractivity contribution in [2.45, 2.75) is 25.3 Å². The Hall–Kier alpha value is -2.24. The molecule has 0 fully saturated rings. The first-order valence-electron chi connectivity index (χ1n) is 5.72. The van der Waals surface area contributed by atoms with Crippen molar-refractivity contribution in [2.24, 2.45) is 0 Å². The summed E-state index contributed by atoms with van der Waals surface area (Å²) in [7, 11) is -3.69. The van der Waals surface area contributed by atoms with Gasteiger partial charge in [0.2, 0.25) is 15.9 Å². The normalized spacial score (nSPS) is 11.2. The molecule has 8 heteroatoms. The number of nitrogens with one attached hydrogen (secondary N) is 1. The Labute approximate surface area is 116 Å². The van der Waals surface area contributed by atoms with Gasteiger partial charge >= 0.3 is 0 Å². The van der Waals surface area contributed by atoms with Gasteiger partial charge in [-0.3, -0.25) is 0 Å². The molecular weight excluding hydrogens is 280 g/mol. The number of hydrogen-bond acceptors (Lipinski definition) is 6. The lowest BCUT2D eigenvalue weighted by Crippen LogP contribution is -2.24. The lowest BCUT2D eigenvalue weighted by Gasteiger charge is -2.08. The maximum atomic E-state index is 12.2. The molecule has 7 nitrogen and oxygen atoms in total. The Kier molecular flexibility index (Phi) is 3.83. The number of rotatable bonds is 4. The fourth-order valence-electron chi connectivity index (χ4n) is 1.67. The summed E-state index contributed by atoms with van der Waals surface area (Å²) < 4.78 is 31.5. The molecule has 0 aliphatic rings. The molecule has 1 heterocycles. The minimum absolute atomic E-state index is 0.0564. The second-order valence-corrected chi connectivity index (χ2v) is 5.88. The van der Waals surface area contributed by atoms with Crippen molar-refractivity contribution >= 4 is 10.0 Å². The van der Waals surface area contributed by atoms with E-state index >= 15 is 0 Å². The van der Waals surface area contributed by atoms with Crippen LogP contribution in [0, 0.1) is 25.2 Å². The molecule has 1 aromatic heterocycles. The van der Waals surface area contributed by atoms with Crippen molar-refractivity contribution < 1.29 is 12.9 Å². The summed E-state index contributed by atoms with van der Waals surface area (Å²) in [5.41, 5.74) is 0.913. The standard InChI is InChI=1S/C12H12N4O3S/c1-8-5-10(6-13)3-4-11(8)20(17,18)14-7-12-15-9(2)19-16-12/h3-5,14H,7H2,1-2H3. The lowest BCUT2D eigenvalue weighted by molar-refractivity contribution is 0.387. The highest BCUT2D eigenvalue weighted by Gasteiger charge is 2.17. The molecule has 0 atom stereocenters. The third-order valence-corrected chi connectivity index (χ3v) is 4.14. The number of nitriles is 1. The van der Waals surface area contributed by atoms with E-state index in [1.54, 1.807) is 13.8 Å². The Balaban J connectivity index is 2.20. The van der Waals surface area contributed by atoms with Crippen LogP contribution in [0.2, 0.25) is 0 Å². The number of aryl methyl sites for hydroxylation is 2. The van der Waals surface area contributed by atoms with Crippen LogP contribution in [0.15, 0.2) is 27.6 Å². The van der Waals surface area contributed by atoms with Crippen molar-refractivity contribution in [2.75, 3.05) is 0 Å². The molecule has 0 unspecified atom stereocenters. The van der Waals surface area contributed by atoms with Crippen LogP contribution in [0.25, 0.3) is 0 Å². The Bertz CT molecular complexity index is 774. The van der Waals surface area contributed by atoms with Crippen molar-refractivity contribution in [1.29, 1.82) is 5.26 Å². The summed E-state index contributed by atoms with van der Waals surface area (Å²) in [6.45, 7) is 3.20. The van der Waals surface area contributed by atoms with Crippen LogP contribution >= 0.6 is 0 Å². The molecule has 1 N–H and O–H groups in total. The van der Waals surface area contributed by atoms with Gasteiger partial charge in [-0.25, -0.2) is 13.1 Å². The zero-order chi connectivity index (χ0) is 14.8. The van der Waals surface area contributed by atoms with Crippen LogP contribution in [-0.2, 0) is 16.6 Å². The van der Waals surface area contributed by atoms with Crippen molar-refractivity contribution in [1.82, 2.24) is 14.9 Å². The minimum Gasteiger partial charge on any atom is -0.340 e. The SMILES string of the molecule is Cc1nc(CNS(=O)(=O)c2ccc(C#N)cc2C)no1.